The third-order valence-corrected chi connectivity index (χ3v) is 7.16. The lowest BCUT2D eigenvalue weighted by Gasteiger charge is -2.13. The Bertz CT molecular complexity index is 1510. The molecule has 0 aliphatic rings. The Balaban J connectivity index is 1.50. The van der Waals surface area contributed by atoms with E-state index in [1.165, 1.54) is 5.56 Å². The molecule has 6 nitrogen and oxygen atoms in total. The first-order valence-corrected chi connectivity index (χ1v) is 12.3. The summed E-state index contributed by atoms with van der Waals surface area (Å²) < 4.78 is 1.79. The number of aryl methyl sites for hydroxylation is 2. The molecule has 2 aromatic heterocycles. The summed E-state index contributed by atoms with van der Waals surface area (Å²) in [7, 11) is 0. The molecule has 0 saturated carbocycles. The van der Waals surface area contributed by atoms with Crippen LogP contribution in [0, 0.1) is 13.8 Å². The normalized spacial score (nSPS) is 11.1. The number of carbonyl (C=O) groups is 1. The number of benzene rings is 3. The van der Waals surface area contributed by atoms with Crippen LogP contribution in [0.1, 0.15) is 34.1 Å². The largest absolute Gasteiger partial charge is 0.321 e. The second-order valence-electron chi connectivity index (χ2n) is 8.24. The molecule has 0 spiro atoms. The van der Waals surface area contributed by atoms with E-state index < -0.39 is 0 Å². The number of nitrogens with one attached hydrogen (secondary N) is 1. The highest BCUT2D eigenvalue weighted by Gasteiger charge is 2.18. The fraction of sp³-hybridized carbons (Fsp3) is 0.143. The van der Waals surface area contributed by atoms with Crippen molar-refractivity contribution >= 4 is 29.1 Å². The van der Waals surface area contributed by atoms with Gasteiger partial charge in [-0.3, -0.25) is 4.79 Å². The number of hydrogen-bond acceptors (Lipinski definition) is 5. The van der Waals surface area contributed by atoms with Crippen LogP contribution in [0.4, 0.5) is 5.69 Å². The van der Waals surface area contributed by atoms with Gasteiger partial charge in [-0.15, -0.1) is 5.10 Å². The van der Waals surface area contributed by atoms with Crippen molar-refractivity contribution in [1.82, 2.24) is 19.6 Å². The zero-order chi connectivity index (χ0) is 24.4. The van der Waals surface area contributed by atoms with E-state index in [-0.39, 0.29) is 5.91 Å². The summed E-state index contributed by atoms with van der Waals surface area (Å²) in [6.07, 6.45) is 0.939. The van der Waals surface area contributed by atoms with E-state index in [1.807, 2.05) is 92.7 Å². The van der Waals surface area contributed by atoms with E-state index in [4.69, 9.17) is 5.10 Å². The number of fused-ring (bicyclic) bond motifs is 1. The Morgan fingerprint density at radius 2 is 1.63 bits per heavy atom. The lowest BCUT2D eigenvalue weighted by Crippen LogP contribution is -2.12. The number of rotatable bonds is 6. The summed E-state index contributed by atoms with van der Waals surface area (Å²) in [6, 6.07) is 25.4. The molecule has 3 aromatic carbocycles. The van der Waals surface area contributed by atoms with Gasteiger partial charge in [0.15, 0.2) is 5.82 Å². The van der Waals surface area contributed by atoms with E-state index in [9.17, 15) is 4.79 Å². The Morgan fingerprint density at radius 3 is 2.37 bits per heavy atom. The third kappa shape index (κ3) is 4.68. The molecule has 0 bridgehead atoms. The second kappa shape index (κ2) is 9.72. The summed E-state index contributed by atoms with van der Waals surface area (Å²) in [5.74, 6) is 1.04. The molecule has 0 saturated heterocycles. The molecule has 0 fully saturated rings. The van der Waals surface area contributed by atoms with Gasteiger partial charge in [-0.05, 0) is 50.1 Å². The lowest BCUT2D eigenvalue weighted by atomic mass is 10.1. The van der Waals surface area contributed by atoms with Gasteiger partial charge < -0.3 is 5.32 Å². The van der Waals surface area contributed by atoms with Gasteiger partial charge in [0.05, 0.1) is 5.69 Å². The van der Waals surface area contributed by atoms with Crippen molar-refractivity contribution in [2.24, 2.45) is 0 Å². The molecule has 174 valence electrons. The van der Waals surface area contributed by atoms with Gasteiger partial charge in [-0.2, -0.15) is 9.50 Å². The predicted molar refractivity (Wildman–Crippen MR) is 140 cm³/mol. The van der Waals surface area contributed by atoms with Crippen molar-refractivity contribution in [3.05, 3.63) is 101 Å². The zero-order valence-corrected chi connectivity index (χ0v) is 20.6. The van der Waals surface area contributed by atoms with Crippen LogP contribution in [0.25, 0.3) is 17.2 Å². The van der Waals surface area contributed by atoms with Crippen molar-refractivity contribution < 1.29 is 4.79 Å². The van der Waals surface area contributed by atoms with Crippen LogP contribution in [-0.2, 0) is 6.42 Å². The fourth-order valence-corrected chi connectivity index (χ4v) is 4.83. The maximum Gasteiger partial charge on any atom is 0.255 e. The first-order valence-electron chi connectivity index (χ1n) is 11.5. The number of carbonyl (C=O) groups excluding carboxylic acids is 1. The van der Waals surface area contributed by atoms with Crippen molar-refractivity contribution in [3.63, 3.8) is 0 Å². The molecule has 7 heteroatoms. The van der Waals surface area contributed by atoms with E-state index in [0.717, 1.165) is 38.9 Å². The maximum absolute atomic E-state index is 13.0. The first-order chi connectivity index (χ1) is 17.0. The number of amides is 1. The SMILES string of the molecule is CCc1ccc(C(=O)Nc2ccccc2Sc2c(C)c(C)nc3nc(-c4ccccc4)nn23)cc1. The van der Waals surface area contributed by atoms with E-state index in [2.05, 4.69) is 22.2 Å². The van der Waals surface area contributed by atoms with E-state index in [0.29, 0.717) is 17.2 Å². The maximum atomic E-state index is 13.0. The topological polar surface area (TPSA) is 72.2 Å². The number of para-hydroxylation sites is 1. The number of anilines is 1. The smallest absolute Gasteiger partial charge is 0.255 e. The minimum atomic E-state index is -0.138. The molecule has 0 atom stereocenters. The minimum absolute atomic E-state index is 0.138. The highest BCUT2D eigenvalue weighted by atomic mass is 32.2. The molecule has 0 unspecified atom stereocenters. The van der Waals surface area contributed by atoms with Crippen molar-refractivity contribution in [3.8, 4) is 11.4 Å². The van der Waals surface area contributed by atoms with Gasteiger partial charge in [-0.25, -0.2) is 4.98 Å². The Hall–Kier alpha value is -3.97. The Kier molecular flexibility index (Phi) is 6.33. The summed E-state index contributed by atoms with van der Waals surface area (Å²) >= 11 is 1.54. The molecule has 1 amide bonds. The van der Waals surface area contributed by atoms with Gasteiger partial charge in [0.2, 0.25) is 0 Å². The zero-order valence-electron chi connectivity index (χ0n) is 19.8. The van der Waals surface area contributed by atoms with Gasteiger partial charge in [0.25, 0.3) is 11.7 Å². The van der Waals surface area contributed by atoms with Crippen molar-refractivity contribution in [1.29, 1.82) is 0 Å². The molecule has 0 radical (unpaired) electrons. The molecular weight excluding hydrogens is 454 g/mol. The highest BCUT2D eigenvalue weighted by molar-refractivity contribution is 7.99. The van der Waals surface area contributed by atoms with Crippen molar-refractivity contribution in [2.45, 2.75) is 37.1 Å². The van der Waals surface area contributed by atoms with Crippen LogP contribution in [-0.4, -0.2) is 25.5 Å². The summed E-state index contributed by atoms with van der Waals surface area (Å²) in [6.45, 7) is 6.11. The van der Waals surface area contributed by atoms with Gasteiger partial charge in [0.1, 0.15) is 5.03 Å². The van der Waals surface area contributed by atoms with Crippen molar-refractivity contribution in [2.75, 3.05) is 5.32 Å². The number of hydrogen-bond donors (Lipinski definition) is 1. The number of aromatic nitrogens is 4. The van der Waals surface area contributed by atoms with Gasteiger partial charge in [0, 0.05) is 27.3 Å². The first kappa shape index (κ1) is 22.8. The summed E-state index contributed by atoms with van der Waals surface area (Å²) in [5, 5.41) is 8.76. The predicted octanol–water partition coefficient (Wildman–Crippen LogP) is 6.37. The van der Waals surface area contributed by atoms with Gasteiger partial charge in [-0.1, -0.05) is 73.3 Å². The van der Waals surface area contributed by atoms with E-state index in [1.54, 1.807) is 16.3 Å². The van der Waals surface area contributed by atoms with Crippen LogP contribution in [0.2, 0.25) is 0 Å². The molecule has 0 aliphatic heterocycles. The van der Waals surface area contributed by atoms with E-state index >= 15 is 0 Å². The van der Waals surface area contributed by atoms with Crippen LogP contribution in [0.15, 0.2) is 88.8 Å². The molecular formula is C28H25N5OS. The standard InChI is InChI=1S/C28H25N5OS/c1-4-20-14-16-22(17-15-20)26(34)30-23-12-8-9-13-24(23)35-27-18(2)19(3)29-28-31-25(32-33(27)28)21-10-6-5-7-11-21/h5-17H,4H2,1-3H3,(H,30,34). The fourth-order valence-electron chi connectivity index (χ4n) is 3.74. The van der Waals surface area contributed by atoms with Crippen LogP contribution in [0.3, 0.4) is 0 Å². The minimum Gasteiger partial charge on any atom is -0.321 e. The molecule has 5 aromatic rings. The molecule has 0 aliphatic carbocycles. The average molecular weight is 480 g/mol. The van der Waals surface area contributed by atoms with Crippen LogP contribution in [0.5, 0.6) is 0 Å². The molecule has 35 heavy (non-hydrogen) atoms. The van der Waals surface area contributed by atoms with Gasteiger partial charge >= 0.3 is 0 Å². The Labute approximate surface area is 208 Å². The second-order valence-corrected chi connectivity index (χ2v) is 9.27. The quantitative estimate of drug-likeness (QED) is 0.286. The average Bonchev–Trinajstić information content (AvgIpc) is 3.32. The van der Waals surface area contributed by atoms with Crippen LogP contribution >= 0.6 is 11.8 Å². The monoisotopic (exact) mass is 479 g/mol. The molecule has 1 N–H and O–H groups in total. The molecule has 2 heterocycles. The summed E-state index contributed by atoms with van der Waals surface area (Å²) in [5.41, 5.74) is 5.42. The number of nitrogens with zero attached hydrogens (tertiary/aromatic N) is 4. The summed E-state index contributed by atoms with van der Waals surface area (Å²) in [4.78, 5) is 23.2. The lowest BCUT2D eigenvalue weighted by molar-refractivity contribution is 0.102. The molecule has 5 rings (SSSR count). The Morgan fingerprint density at radius 1 is 0.914 bits per heavy atom. The third-order valence-electron chi connectivity index (χ3n) is 5.91. The highest BCUT2D eigenvalue weighted by Crippen LogP contribution is 2.36. The van der Waals surface area contributed by atoms with Crippen LogP contribution < -0.4 is 5.32 Å².